The van der Waals surface area contributed by atoms with Gasteiger partial charge in [-0.15, -0.1) is 0 Å². The third kappa shape index (κ3) is 3.73. The summed E-state index contributed by atoms with van der Waals surface area (Å²) in [6.45, 7) is 2.22. The molecule has 3 rings (SSSR count). The molecule has 24 heavy (non-hydrogen) atoms. The summed E-state index contributed by atoms with van der Waals surface area (Å²) in [5.74, 6) is 2.38. The van der Waals surface area contributed by atoms with Crippen LogP contribution in [0.1, 0.15) is 12.2 Å². The zero-order valence-electron chi connectivity index (χ0n) is 13.6. The lowest BCUT2D eigenvalue weighted by Crippen LogP contribution is -2.08. The van der Waals surface area contributed by atoms with E-state index in [2.05, 4.69) is 9.97 Å². The van der Waals surface area contributed by atoms with Crippen LogP contribution >= 0.6 is 0 Å². The molecule has 2 heterocycles. The molecule has 6 nitrogen and oxygen atoms in total. The number of hydrogen-bond acceptors (Lipinski definition) is 5. The first-order valence-electron chi connectivity index (χ1n) is 7.65. The second kappa shape index (κ2) is 6.60. The summed E-state index contributed by atoms with van der Waals surface area (Å²) < 4.78 is 30.1. The SMILES string of the molecule is Cc1nccc(-n2ccc3c(OCCCS(C)(=O)=O)cccc32)n1. The number of aromatic nitrogens is 3. The quantitative estimate of drug-likeness (QED) is 0.642. The second-order valence-electron chi connectivity index (χ2n) is 5.67. The predicted molar refractivity (Wildman–Crippen MR) is 93.4 cm³/mol. The van der Waals surface area contributed by atoms with E-state index in [1.54, 1.807) is 6.20 Å². The van der Waals surface area contributed by atoms with Gasteiger partial charge in [-0.1, -0.05) is 6.07 Å². The number of nitrogens with zero attached hydrogens (tertiary/aromatic N) is 3. The van der Waals surface area contributed by atoms with Gasteiger partial charge in [0, 0.05) is 24.0 Å². The molecule has 7 heteroatoms. The Kier molecular flexibility index (Phi) is 4.53. The molecule has 126 valence electrons. The third-order valence-corrected chi connectivity index (χ3v) is 4.65. The molecule has 0 atom stereocenters. The summed E-state index contributed by atoms with van der Waals surface area (Å²) >= 11 is 0. The van der Waals surface area contributed by atoms with Crippen LogP contribution in [0.4, 0.5) is 0 Å². The Bertz CT molecular complexity index is 964. The van der Waals surface area contributed by atoms with E-state index in [-0.39, 0.29) is 5.75 Å². The molecule has 0 unspecified atom stereocenters. The monoisotopic (exact) mass is 345 g/mol. The highest BCUT2D eigenvalue weighted by molar-refractivity contribution is 7.90. The van der Waals surface area contributed by atoms with Crippen LogP contribution in [0.3, 0.4) is 0 Å². The smallest absolute Gasteiger partial charge is 0.147 e. The van der Waals surface area contributed by atoms with E-state index in [1.807, 2.05) is 48.0 Å². The topological polar surface area (TPSA) is 74.1 Å². The first-order valence-corrected chi connectivity index (χ1v) is 9.71. The van der Waals surface area contributed by atoms with Gasteiger partial charge < -0.3 is 9.30 Å². The Morgan fingerprint density at radius 2 is 2.04 bits per heavy atom. The summed E-state index contributed by atoms with van der Waals surface area (Å²) in [7, 11) is -2.96. The van der Waals surface area contributed by atoms with Gasteiger partial charge in [0.1, 0.15) is 27.2 Å². The van der Waals surface area contributed by atoms with Crippen molar-refractivity contribution in [3.05, 3.63) is 48.5 Å². The Hall–Kier alpha value is -2.41. The molecule has 0 saturated carbocycles. The highest BCUT2D eigenvalue weighted by Gasteiger charge is 2.09. The third-order valence-electron chi connectivity index (χ3n) is 3.62. The molecular formula is C17H19N3O3S. The molecule has 0 N–H and O–H groups in total. The van der Waals surface area contributed by atoms with Crippen LogP contribution in [-0.4, -0.2) is 41.6 Å². The van der Waals surface area contributed by atoms with Crippen molar-refractivity contribution in [2.75, 3.05) is 18.6 Å². The lowest BCUT2D eigenvalue weighted by Gasteiger charge is -2.09. The maximum Gasteiger partial charge on any atom is 0.147 e. The van der Waals surface area contributed by atoms with Crippen LogP contribution in [0.2, 0.25) is 0 Å². The van der Waals surface area contributed by atoms with Gasteiger partial charge in [0.05, 0.1) is 17.9 Å². The van der Waals surface area contributed by atoms with Crippen molar-refractivity contribution in [3.63, 3.8) is 0 Å². The standard InChI is InChI=1S/C17H19N3O3S/c1-13-18-9-7-17(19-13)20-10-8-14-15(20)5-3-6-16(14)23-11-4-12-24(2,21)22/h3,5-10H,4,11-12H2,1-2H3. The van der Waals surface area contributed by atoms with Crippen LogP contribution in [-0.2, 0) is 9.84 Å². The lowest BCUT2D eigenvalue weighted by molar-refractivity contribution is 0.321. The van der Waals surface area contributed by atoms with Gasteiger partial charge in [0.15, 0.2) is 0 Å². The van der Waals surface area contributed by atoms with Crippen molar-refractivity contribution >= 4 is 20.7 Å². The minimum absolute atomic E-state index is 0.129. The normalized spacial score (nSPS) is 11.8. The fourth-order valence-electron chi connectivity index (χ4n) is 2.55. The summed E-state index contributed by atoms with van der Waals surface area (Å²) in [6, 6.07) is 9.62. The van der Waals surface area contributed by atoms with E-state index in [1.165, 1.54) is 6.26 Å². The van der Waals surface area contributed by atoms with Gasteiger partial charge in [0.2, 0.25) is 0 Å². The molecule has 0 aliphatic heterocycles. The van der Waals surface area contributed by atoms with Crippen molar-refractivity contribution in [1.82, 2.24) is 14.5 Å². The number of sulfone groups is 1. The number of benzene rings is 1. The van der Waals surface area contributed by atoms with Crippen molar-refractivity contribution in [2.24, 2.45) is 0 Å². The number of fused-ring (bicyclic) bond motifs is 1. The summed E-state index contributed by atoms with van der Waals surface area (Å²) in [5, 5.41) is 0.966. The number of hydrogen-bond donors (Lipinski definition) is 0. The molecule has 0 bridgehead atoms. The summed E-state index contributed by atoms with van der Waals surface area (Å²) in [4.78, 5) is 8.56. The van der Waals surface area contributed by atoms with Crippen LogP contribution in [0.5, 0.6) is 5.75 Å². The van der Waals surface area contributed by atoms with Crippen molar-refractivity contribution in [2.45, 2.75) is 13.3 Å². The van der Waals surface area contributed by atoms with Crippen molar-refractivity contribution in [3.8, 4) is 11.6 Å². The molecule has 0 saturated heterocycles. The predicted octanol–water partition coefficient (Wildman–Crippen LogP) is 2.54. The van der Waals surface area contributed by atoms with Gasteiger partial charge in [-0.3, -0.25) is 0 Å². The molecule has 0 aliphatic rings. The van der Waals surface area contributed by atoms with E-state index in [4.69, 9.17) is 4.74 Å². The van der Waals surface area contributed by atoms with Gasteiger partial charge in [-0.2, -0.15) is 0 Å². The van der Waals surface area contributed by atoms with E-state index in [0.29, 0.717) is 18.9 Å². The average Bonchev–Trinajstić information content (AvgIpc) is 2.95. The molecule has 0 spiro atoms. The summed E-state index contributed by atoms with van der Waals surface area (Å²) in [6.07, 6.45) is 5.38. The van der Waals surface area contributed by atoms with Crippen LogP contribution in [0.15, 0.2) is 42.7 Å². The average molecular weight is 345 g/mol. The highest BCUT2D eigenvalue weighted by Crippen LogP contribution is 2.28. The zero-order valence-corrected chi connectivity index (χ0v) is 14.5. The second-order valence-corrected chi connectivity index (χ2v) is 7.93. The first kappa shape index (κ1) is 16.4. The Balaban J connectivity index is 1.84. The number of ether oxygens (including phenoxy) is 1. The lowest BCUT2D eigenvalue weighted by atomic mass is 10.2. The minimum atomic E-state index is -2.96. The van der Waals surface area contributed by atoms with E-state index in [9.17, 15) is 8.42 Å². The molecular weight excluding hydrogens is 326 g/mol. The van der Waals surface area contributed by atoms with E-state index >= 15 is 0 Å². The van der Waals surface area contributed by atoms with Crippen LogP contribution in [0, 0.1) is 6.92 Å². The van der Waals surface area contributed by atoms with Gasteiger partial charge in [-0.25, -0.2) is 18.4 Å². The largest absolute Gasteiger partial charge is 0.493 e. The van der Waals surface area contributed by atoms with E-state index in [0.717, 1.165) is 22.5 Å². The molecule has 0 radical (unpaired) electrons. The van der Waals surface area contributed by atoms with Gasteiger partial charge in [0.25, 0.3) is 0 Å². The number of aryl methyl sites for hydroxylation is 1. The van der Waals surface area contributed by atoms with E-state index < -0.39 is 9.84 Å². The highest BCUT2D eigenvalue weighted by atomic mass is 32.2. The van der Waals surface area contributed by atoms with Gasteiger partial charge in [-0.05, 0) is 37.6 Å². The van der Waals surface area contributed by atoms with Gasteiger partial charge >= 0.3 is 0 Å². The molecule has 0 fully saturated rings. The van der Waals surface area contributed by atoms with Crippen LogP contribution in [0.25, 0.3) is 16.7 Å². The molecule has 1 aromatic carbocycles. The maximum atomic E-state index is 11.2. The molecule has 3 aromatic rings. The number of rotatable bonds is 6. The van der Waals surface area contributed by atoms with Crippen LogP contribution < -0.4 is 4.74 Å². The molecule has 0 amide bonds. The molecule has 0 aliphatic carbocycles. The molecule has 2 aromatic heterocycles. The Morgan fingerprint density at radius 3 is 2.79 bits per heavy atom. The fourth-order valence-corrected chi connectivity index (χ4v) is 3.19. The first-order chi connectivity index (χ1) is 11.4. The fraction of sp³-hybridized carbons (Fsp3) is 0.294. The van der Waals surface area contributed by atoms with Crippen molar-refractivity contribution in [1.29, 1.82) is 0 Å². The minimum Gasteiger partial charge on any atom is -0.493 e. The Morgan fingerprint density at radius 1 is 1.21 bits per heavy atom. The summed E-state index contributed by atoms with van der Waals surface area (Å²) in [5.41, 5.74) is 0.980. The maximum absolute atomic E-state index is 11.2. The zero-order chi connectivity index (χ0) is 17.2. The van der Waals surface area contributed by atoms with Crippen molar-refractivity contribution < 1.29 is 13.2 Å². The Labute approximate surface area is 141 Å².